The molecule has 3 aliphatic rings. The highest BCUT2D eigenvalue weighted by Gasteiger charge is 2.40. The number of rotatable bonds is 12. The Morgan fingerprint density at radius 2 is 1.98 bits per heavy atom. The lowest BCUT2D eigenvalue weighted by molar-refractivity contribution is -0.880. The van der Waals surface area contributed by atoms with Crippen molar-refractivity contribution in [2.45, 2.75) is 31.8 Å². The molecule has 272 valence electrons. The number of amides is 3. The van der Waals surface area contributed by atoms with Gasteiger partial charge in [0.15, 0.2) is 0 Å². The number of anilines is 4. The minimum Gasteiger partial charge on any atom is -0.497 e. The molecule has 3 aromatic rings. The van der Waals surface area contributed by atoms with Gasteiger partial charge < -0.3 is 34.3 Å². The van der Waals surface area contributed by atoms with E-state index in [-0.39, 0.29) is 41.3 Å². The second-order valence-electron chi connectivity index (χ2n) is 13.1. The summed E-state index contributed by atoms with van der Waals surface area (Å²) in [6, 6.07) is 4.37. The monoisotopic (exact) mass is 732 g/mol. The summed E-state index contributed by atoms with van der Waals surface area (Å²) in [6.07, 6.45) is 11.0. The van der Waals surface area contributed by atoms with Gasteiger partial charge in [-0.1, -0.05) is 16.6 Å². The van der Waals surface area contributed by atoms with Crippen molar-refractivity contribution < 1.29 is 28.5 Å². The summed E-state index contributed by atoms with van der Waals surface area (Å²) in [5.41, 5.74) is 1.77. The lowest BCUT2D eigenvalue weighted by atomic mass is 10.0. The predicted molar refractivity (Wildman–Crippen MR) is 194 cm³/mol. The molecule has 0 atom stereocenters. The number of methoxy groups -OCH3 is 2. The molecule has 0 spiro atoms. The largest absolute Gasteiger partial charge is 0.497 e. The average molecular weight is 733 g/mol. The summed E-state index contributed by atoms with van der Waals surface area (Å²) in [5.74, 6) is 1.79. The third kappa shape index (κ3) is 7.79. The number of halogens is 1. The number of nitro groups is 1. The fraction of sp³-hybridized carbons (Fsp3) is 0.382. The van der Waals surface area contributed by atoms with Gasteiger partial charge in [-0.2, -0.15) is 4.98 Å². The number of carbonyl (C=O) groups is 2. The summed E-state index contributed by atoms with van der Waals surface area (Å²) >= 11 is 6.76. The number of quaternary nitrogens is 1. The van der Waals surface area contributed by atoms with Crippen molar-refractivity contribution in [2.75, 3.05) is 69.6 Å². The van der Waals surface area contributed by atoms with E-state index in [4.69, 9.17) is 26.1 Å². The van der Waals surface area contributed by atoms with Gasteiger partial charge in [0, 0.05) is 61.7 Å². The Bertz CT molecular complexity index is 1950. The number of nitrogens with one attached hydrogen (secondary N) is 1. The lowest BCUT2D eigenvalue weighted by Crippen LogP contribution is -2.55. The zero-order valence-electron chi connectivity index (χ0n) is 29.2. The van der Waals surface area contributed by atoms with Gasteiger partial charge >= 0.3 is 11.9 Å². The molecule has 5 heterocycles. The third-order valence-corrected chi connectivity index (χ3v) is 9.44. The van der Waals surface area contributed by atoms with E-state index in [9.17, 15) is 19.7 Å². The molecular formula is C34H39ClN11O6+. The van der Waals surface area contributed by atoms with Gasteiger partial charge in [0.25, 0.3) is 0 Å². The van der Waals surface area contributed by atoms with E-state index >= 15 is 0 Å². The Morgan fingerprint density at radius 3 is 2.67 bits per heavy atom. The van der Waals surface area contributed by atoms with Gasteiger partial charge in [-0.3, -0.25) is 14.6 Å². The van der Waals surface area contributed by atoms with Gasteiger partial charge in [0.05, 0.1) is 52.7 Å². The summed E-state index contributed by atoms with van der Waals surface area (Å²) < 4.78 is 11.4. The number of piperidine rings is 1. The quantitative estimate of drug-likeness (QED) is 0.122. The topological polar surface area (TPSA) is 181 Å². The van der Waals surface area contributed by atoms with Crippen molar-refractivity contribution >= 4 is 53.0 Å². The van der Waals surface area contributed by atoms with Crippen molar-refractivity contribution in [1.82, 2.24) is 24.8 Å². The van der Waals surface area contributed by atoms with E-state index in [1.807, 2.05) is 14.1 Å². The van der Waals surface area contributed by atoms with Gasteiger partial charge in [0.1, 0.15) is 47.2 Å². The summed E-state index contributed by atoms with van der Waals surface area (Å²) in [6.45, 7) is 1.90. The maximum Gasteiger partial charge on any atom is 0.368 e. The summed E-state index contributed by atoms with van der Waals surface area (Å²) in [7, 11) is 6.92. The number of nitrogens with zero attached hydrogens (tertiary/aromatic N) is 10. The number of carbonyl (C=O) groups excluding carboxylic acids is 2. The number of aromatic nitrogens is 4. The highest BCUT2D eigenvalue weighted by Crippen LogP contribution is 2.42. The number of hydrogen-bond acceptors (Lipinski definition) is 12. The Balaban J connectivity index is 1.20. The van der Waals surface area contributed by atoms with Crippen molar-refractivity contribution in [1.29, 1.82) is 0 Å². The fourth-order valence-corrected chi connectivity index (χ4v) is 6.75. The molecule has 1 fully saturated rings. The molecule has 1 aromatic carbocycles. The zero-order valence-corrected chi connectivity index (χ0v) is 30.0. The molecule has 0 radical (unpaired) electrons. The molecule has 2 aromatic heterocycles. The number of hydrogen-bond donors (Lipinski definition) is 1. The van der Waals surface area contributed by atoms with Crippen LogP contribution in [0, 0.1) is 10.1 Å². The minimum absolute atomic E-state index is 0.0944. The van der Waals surface area contributed by atoms with Crippen LogP contribution in [0.15, 0.2) is 65.5 Å². The number of benzene rings is 1. The maximum absolute atomic E-state index is 14.5. The van der Waals surface area contributed by atoms with Gasteiger partial charge in [0.2, 0.25) is 11.9 Å². The molecule has 17 nitrogen and oxygen atoms in total. The Kier molecular flexibility index (Phi) is 10.6. The standard InChI is InChI=1S/C34H39ClN11O6/c1-46(2,20-22-7-12-37-31(22)45(49)50)15-5-6-29(47)42-13-9-24(10-14-42)44-32-23(18-38-33(41-32)40-28-8-11-36-21-39-28)19-43(34(44)48)26-16-25(51-3)17-27(52-4)30(26)35/h5-6,8,11-12,16-18,21,24H,7,9-10,13-15,19-20H2,1-4H3,(H,36,38,39,40,41)/q+1/b6-5+. The van der Waals surface area contributed by atoms with Crippen LogP contribution < -0.4 is 24.6 Å². The first kappa shape index (κ1) is 36.1. The smallest absolute Gasteiger partial charge is 0.368 e. The SMILES string of the molecule is COc1cc(OC)c(Cl)c(N2Cc3cnc(Nc4ccncn4)nc3N(C3CCN(C(=O)/C=C/C[N+](C)(C)CC4=C([N+](=O)[O-])N=CC4)CC3)C2=O)c1. The van der Waals surface area contributed by atoms with Crippen LogP contribution in [-0.4, -0.2) is 113 Å². The first-order valence-electron chi connectivity index (χ1n) is 16.6. The molecule has 3 amide bonds. The second kappa shape index (κ2) is 15.3. The number of ether oxygens (including phenoxy) is 2. The van der Waals surface area contributed by atoms with Crippen LogP contribution in [0.1, 0.15) is 24.8 Å². The molecule has 18 heteroatoms. The van der Waals surface area contributed by atoms with E-state index < -0.39 is 4.92 Å². The zero-order chi connectivity index (χ0) is 37.0. The Morgan fingerprint density at radius 1 is 1.19 bits per heavy atom. The first-order chi connectivity index (χ1) is 25.0. The maximum atomic E-state index is 14.5. The molecule has 0 bridgehead atoms. The van der Waals surface area contributed by atoms with Crippen LogP contribution in [-0.2, 0) is 11.3 Å². The van der Waals surface area contributed by atoms with E-state index in [0.717, 1.165) is 0 Å². The highest BCUT2D eigenvalue weighted by atomic mass is 35.5. The van der Waals surface area contributed by atoms with Crippen LogP contribution in [0.3, 0.4) is 0 Å². The lowest BCUT2D eigenvalue weighted by Gasteiger charge is -2.43. The number of urea groups is 1. The predicted octanol–water partition coefficient (Wildman–Crippen LogP) is 4.21. The van der Waals surface area contributed by atoms with E-state index in [2.05, 4.69) is 25.3 Å². The molecule has 0 unspecified atom stereocenters. The van der Waals surface area contributed by atoms with Crippen LogP contribution in [0.2, 0.25) is 5.02 Å². The molecule has 1 saturated heterocycles. The minimum atomic E-state index is -0.455. The molecule has 6 rings (SSSR count). The van der Waals surface area contributed by atoms with Crippen LogP contribution in [0.4, 0.5) is 28.1 Å². The van der Waals surface area contributed by atoms with Crippen molar-refractivity contribution in [3.05, 3.63) is 81.2 Å². The second-order valence-corrected chi connectivity index (χ2v) is 13.5. The number of likely N-dealkylation sites (N-methyl/N-ethyl adjacent to an activating group) is 1. The van der Waals surface area contributed by atoms with E-state index in [1.54, 1.807) is 63.7 Å². The first-order valence-corrected chi connectivity index (χ1v) is 16.9. The number of aliphatic imine (C=N–C) groups is 1. The summed E-state index contributed by atoms with van der Waals surface area (Å²) in [4.78, 5) is 64.9. The van der Waals surface area contributed by atoms with Crippen LogP contribution >= 0.6 is 11.6 Å². The Hall–Kier alpha value is -5.68. The average Bonchev–Trinajstić information content (AvgIpc) is 3.60. The normalized spacial score (nSPS) is 16.5. The van der Waals surface area contributed by atoms with Gasteiger partial charge in [-0.25, -0.2) is 19.7 Å². The number of fused-ring (bicyclic) bond motifs is 1. The van der Waals surface area contributed by atoms with Gasteiger partial charge in [-0.15, -0.1) is 0 Å². The summed E-state index contributed by atoms with van der Waals surface area (Å²) in [5, 5.41) is 14.6. The highest BCUT2D eigenvalue weighted by molar-refractivity contribution is 6.35. The molecular weight excluding hydrogens is 694 g/mol. The van der Waals surface area contributed by atoms with E-state index in [0.29, 0.717) is 89.9 Å². The van der Waals surface area contributed by atoms with Crippen LogP contribution in [0.25, 0.3) is 0 Å². The molecule has 52 heavy (non-hydrogen) atoms. The van der Waals surface area contributed by atoms with Crippen molar-refractivity contribution in [3.8, 4) is 11.5 Å². The molecule has 1 N–H and O–H groups in total. The van der Waals surface area contributed by atoms with E-state index in [1.165, 1.54) is 20.5 Å². The molecule has 3 aliphatic heterocycles. The number of likely N-dealkylation sites (tertiary alicyclic amines) is 1. The molecule has 0 aliphatic carbocycles. The third-order valence-electron chi connectivity index (χ3n) is 9.06. The van der Waals surface area contributed by atoms with Crippen molar-refractivity contribution in [2.24, 2.45) is 4.99 Å². The Labute approximate surface area is 305 Å². The molecule has 0 saturated carbocycles. The van der Waals surface area contributed by atoms with Crippen molar-refractivity contribution in [3.63, 3.8) is 0 Å². The fourth-order valence-electron chi connectivity index (χ4n) is 6.46. The van der Waals surface area contributed by atoms with Crippen LogP contribution in [0.5, 0.6) is 11.5 Å². The van der Waals surface area contributed by atoms with Gasteiger partial charge in [-0.05, 0) is 29.9 Å².